The van der Waals surface area contributed by atoms with Gasteiger partial charge >= 0.3 is 31.0 Å². The zero-order chi connectivity index (χ0) is 6.28. The second-order valence-corrected chi connectivity index (χ2v) is 8.55. The van der Waals surface area contributed by atoms with Gasteiger partial charge in [0, 0.05) is 8.80 Å². The molecule has 0 nitrogen and oxygen atoms in total. The molecule has 0 aliphatic rings. The van der Waals surface area contributed by atoms with Crippen LogP contribution in [0, 0.1) is 0 Å². The fourth-order valence-corrected chi connectivity index (χ4v) is 0. The quantitative estimate of drug-likeness (QED) is 0.550. The van der Waals surface area contributed by atoms with Gasteiger partial charge in [0.25, 0.3) is 0 Å². The average Bonchev–Trinajstić information content (AvgIpc) is 1.33. The molecule has 0 heterocycles. The van der Waals surface area contributed by atoms with E-state index in [0.717, 1.165) is 0 Å². The van der Waals surface area contributed by atoms with Crippen molar-refractivity contribution < 1.29 is 0 Å². The topological polar surface area (TPSA) is 0 Å². The summed E-state index contributed by atoms with van der Waals surface area (Å²) in [6.07, 6.45) is 0. The number of rotatable bonds is 0. The summed E-state index contributed by atoms with van der Waals surface area (Å²) < 4.78 is 0. The average molecular weight is 223 g/mol. The molecule has 0 saturated carbocycles. The molecule has 0 aliphatic heterocycles. The van der Waals surface area contributed by atoms with E-state index in [2.05, 4.69) is 29.5 Å². The molecule has 0 aromatic carbocycles. The Morgan fingerprint density at radius 3 is 1.00 bits per heavy atom. The predicted octanol–water partition coefficient (Wildman–Crippen LogP) is 1.89. The fourth-order valence-electron chi connectivity index (χ4n) is 0. The zero-order valence-electron chi connectivity index (χ0n) is 6.08. The molecule has 2 heteroatoms. The first kappa shape index (κ1) is 10.9. The van der Waals surface area contributed by atoms with Gasteiger partial charge in [0.15, 0.2) is 0 Å². The minimum absolute atomic E-state index is 0.139. The standard InChI is InChI=1S/C3H10Si.2CH3.Sn/c1-4(2)3;;;/h4H,1-3H3;2*1H3;. The van der Waals surface area contributed by atoms with Crippen LogP contribution in [-0.4, -0.2) is 29.9 Å². The van der Waals surface area contributed by atoms with E-state index in [-0.39, 0.29) is 29.9 Å². The molecule has 2 radical (unpaired) electrons. The first-order valence-corrected chi connectivity index (χ1v) is 11.9. The van der Waals surface area contributed by atoms with Crippen LogP contribution in [-0.2, 0) is 0 Å². The normalized spacial score (nSPS) is 7.71. The second-order valence-electron chi connectivity index (χ2n) is 2.23. The third-order valence-electron chi connectivity index (χ3n) is 0. The molecule has 0 fully saturated rings. The Morgan fingerprint density at radius 1 is 1.00 bits per heavy atom. The van der Waals surface area contributed by atoms with Crippen LogP contribution >= 0.6 is 0 Å². The molecule has 0 aromatic heterocycles. The first-order chi connectivity index (χ1) is 3.15. The summed E-state index contributed by atoms with van der Waals surface area (Å²) in [4.78, 5) is 4.59. The zero-order valence-corrected chi connectivity index (χ0v) is 10.1. The Balaban J connectivity index is 0. The predicted molar refractivity (Wildman–Crippen MR) is 42.2 cm³/mol. The molecule has 0 spiro atoms. The molecule has 0 aliphatic carbocycles. The van der Waals surface area contributed by atoms with E-state index in [4.69, 9.17) is 0 Å². The van der Waals surface area contributed by atoms with E-state index < -0.39 is 0 Å². The molecule has 0 rings (SSSR count). The van der Waals surface area contributed by atoms with Gasteiger partial charge in [0.2, 0.25) is 0 Å². The molecule has 0 aromatic rings. The van der Waals surface area contributed by atoms with Crippen LogP contribution in [0.5, 0.6) is 0 Å². The van der Waals surface area contributed by atoms with Crippen LogP contribution in [0.2, 0.25) is 29.5 Å². The Kier molecular flexibility index (Phi) is 15.7. The molecule has 0 bridgehead atoms. The van der Waals surface area contributed by atoms with Gasteiger partial charge in [0.1, 0.15) is 0 Å². The van der Waals surface area contributed by atoms with Crippen molar-refractivity contribution in [2.45, 2.75) is 29.5 Å². The van der Waals surface area contributed by atoms with Crippen LogP contribution < -0.4 is 0 Å². The van der Waals surface area contributed by atoms with Crippen molar-refractivity contribution >= 4 is 29.9 Å². The summed E-state index contributed by atoms with van der Waals surface area (Å²) in [7, 11) is -0.139. The monoisotopic (exact) mass is 224 g/mol. The van der Waals surface area contributed by atoms with Crippen molar-refractivity contribution in [3.8, 4) is 0 Å². The van der Waals surface area contributed by atoms with E-state index >= 15 is 0 Å². The third-order valence-corrected chi connectivity index (χ3v) is 0. The molecule has 0 atom stereocenters. The van der Waals surface area contributed by atoms with Crippen molar-refractivity contribution in [2.24, 2.45) is 0 Å². The van der Waals surface area contributed by atoms with Gasteiger partial charge in [-0.15, -0.1) is 0 Å². The Labute approximate surface area is 59.5 Å². The minimum atomic E-state index is -0.139. The van der Waals surface area contributed by atoms with Gasteiger partial charge in [-0.25, -0.2) is 0 Å². The fraction of sp³-hybridized carbons (Fsp3) is 1.00. The summed E-state index contributed by atoms with van der Waals surface area (Å²) in [6.45, 7) is 6.92. The summed E-state index contributed by atoms with van der Waals surface area (Å²) in [5.74, 6) is 0. The summed E-state index contributed by atoms with van der Waals surface area (Å²) in [5, 5.41) is 0. The van der Waals surface area contributed by atoms with Crippen LogP contribution in [0.25, 0.3) is 0 Å². The molecular formula is C5H16SiSn. The van der Waals surface area contributed by atoms with E-state index in [1.807, 2.05) is 0 Å². The molecule has 0 saturated heterocycles. The SMILES string of the molecule is C[SiH](C)C.[CH3][Sn][CH3]. The van der Waals surface area contributed by atoms with Gasteiger partial charge < -0.3 is 0 Å². The van der Waals surface area contributed by atoms with Crippen LogP contribution in [0.3, 0.4) is 0 Å². The Hall–Kier alpha value is 1.02. The molecular weight excluding hydrogens is 207 g/mol. The van der Waals surface area contributed by atoms with Crippen molar-refractivity contribution in [3.63, 3.8) is 0 Å². The Morgan fingerprint density at radius 2 is 1.00 bits per heavy atom. The molecule has 7 heavy (non-hydrogen) atoms. The van der Waals surface area contributed by atoms with Gasteiger partial charge in [-0.05, 0) is 0 Å². The van der Waals surface area contributed by atoms with Crippen LogP contribution in [0.4, 0.5) is 0 Å². The van der Waals surface area contributed by atoms with Crippen molar-refractivity contribution in [3.05, 3.63) is 0 Å². The van der Waals surface area contributed by atoms with Crippen LogP contribution in [0.15, 0.2) is 0 Å². The van der Waals surface area contributed by atoms with Gasteiger partial charge in [-0.3, -0.25) is 0 Å². The number of hydrogen-bond acceptors (Lipinski definition) is 0. The van der Waals surface area contributed by atoms with E-state index in [0.29, 0.717) is 0 Å². The first-order valence-electron chi connectivity index (χ1n) is 2.73. The van der Waals surface area contributed by atoms with Gasteiger partial charge in [0.05, 0.1) is 0 Å². The Bertz CT molecular complexity index is 19.3. The summed E-state index contributed by atoms with van der Waals surface area (Å²) in [6, 6.07) is 0. The molecule has 0 unspecified atom stereocenters. The summed E-state index contributed by atoms with van der Waals surface area (Å²) >= 11 is 0.230. The van der Waals surface area contributed by atoms with E-state index in [9.17, 15) is 0 Å². The van der Waals surface area contributed by atoms with Crippen molar-refractivity contribution in [1.29, 1.82) is 0 Å². The van der Waals surface area contributed by atoms with Gasteiger partial charge in [-0.1, -0.05) is 19.6 Å². The molecule has 0 amide bonds. The van der Waals surface area contributed by atoms with Gasteiger partial charge in [-0.2, -0.15) is 0 Å². The van der Waals surface area contributed by atoms with Crippen molar-refractivity contribution in [2.75, 3.05) is 0 Å². The summed E-state index contributed by atoms with van der Waals surface area (Å²) in [5.41, 5.74) is 0. The van der Waals surface area contributed by atoms with Crippen LogP contribution in [0.1, 0.15) is 0 Å². The maximum atomic E-state index is 2.31. The number of hydrogen-bond donors (Lipinski definition) is 0. The second kappa shape index (κ2) is 10.1. The maximum absolute atomic E-state index is 2.31. The molecule has 0 N–H and O–H groups in total. The van der Waals surface area contributed by atoms with Crippen molar-refractivity contribution in [1.82, 2.24) is 0 Å². The third kappa shape index (κ3) is 171. The molecule has 44 valence electrons. The van der Waals surface area contributed by atoms with E-state index in [1.54, 1.807) is 0 Å². The van der Waals surface area contributed by atoms with E-state index in [1.165, 1.54) is 0 Å².